The first kappa shape index (κ1) is 27.5. The zero-order valence-electron chi connectivity index (χ0n) is 23.0. The van der Waals surface area contributed by atoms with E-state index in [1.165, 1.54) is 39.8 Å². The zero-order chi connectivity index (χ0) is 25.4. The summed E-state index contributed by atoms with van der Waals surface area (Å²) >= 11 is 0. The number of allylic oxidation sites excluding steroid dienone is 6. The quantitative estimate of drug-likeness (QED) is 0.334. The van der Waals surface area contributed by atoms with Gasteiger partial charge in [0, 0.05) is 24.2 Å². The van der Waals surface area contributed by atoms with Crippen LogP contribution in [0.2, 0.25) is 0 Å². The molecule has 194 valence electrons. The van der Waals surface area contributed by atoms with Crippen molar-refractivity contribution in [1.29, 1.82) is 0 Å². The van der Waals surface area contributed by atoms with Gasteiger partial charge in [-0.05, 0) is 105 Å². The molecule has 0 aromatic heterocycles. The lowest BCUT2D eigenvalue weighted by Gasteiger charge is -2.39. The van der Waals surface area contributed by atoms with E-state index in [-0.39, 0.29) is 12.2 Å². The summed E-state index contributed by atoms with van der Waals surface area (Å²) in [6.07, 6.45) is 15.9. The zero-order valence-corrected chi connectivity index (χ0v) is 23.0. The van der Waals surface area contributed by atoms with E-state index in [4.69, 9.17) is 9.47 Å². The maximum Gasteiger partial charge on any atom is 0.142 e. The normalized spacial score (nSPS) is 20.5. The molecule has 0 aliphatic carbocycles. The van der Waals surface area contributed by atoms with Crippen LogP contribution in [0.3, 0.4) is 0 Å². The van der Waals surface area contributed by atoms with Crippen LogP contribution in [0.15, 0.2) is 41.0 Å². The van der Waals surface area contributed by atoms with Crippen LogP contribution in [-0.2, 0) is 13.0 Å². The van der Waals surface area contributed by atoms with Crippen molar-refractivity contribution in [2.24, 2.45) is 0 Å². The largest absolute Gasteiger partial charge is 0.487 e. The van der Waals surface area contributed by atoms with Crippen molar-refractivity contribution >= 4 is 0 Å². The smallest absolute Gasteiger partial charge is 0.142 e. The van der Waals surface area contributed by atoms with Gasteiger partial charge in [0.2, 0.25) is 0 Å². The van der Waals surface area contributed by atoms with Crippen molar-refractivity contribution < 1.29 is 14.6 Å². The molecule has 0 spiro atoms. The summed E-state index contributed by atoms with van der Waals surface area (Å²) in [4.78, 5) is 2.15. The molecule has 0 saturated carbocycles. The molecule has 3 rings (SSSR count). The van der Waals surface area contributed by atoms with Crippen LogP contribution < -0.4 is 9.47 Å². The number of nitrogens with zero attached hydrogens (tertiary/aromatic N) is 1. The van der Waals surface area contributed by atoms with E-state index in [0.717, 1.165) is 63.0 Å². The highest BCUT2D eigenvalue weighted by Crippen LogP contribution is 2.44. The number of aliphatic hydroxyl groups is 1. The Morgan fingerprint density at radius 1 is 1.03 bits per heavy atom. The van der Waals surface area contributed by atoms with Crippen molar-refractivity contribution in [3.63, 3.8) is 0 Å². The molecule has 4 heteroatoms. The van der Waals surface area contributed by atoms with Gasteiger partial charge < -0.3 is 14.6 Å². The second-order valence-corrected chi connectivity index (χ2v) is 11.1. The Morgan fingerprint density at radius 3 is 2.40 bits per heavy atom. The number of rotatable bonds is 11. The van der Waals surface area contributed by atoms with Crippen molar-refractivity contribution in [2.45, 2.75) is 105 Å². The molecular formula is C31H47NO3. The second kappa shape index (κ2) is 12.8. The summed E-state index contributed by atoms with van der Waals surface area (Å²) in [6.45, 7) is 15.4. The number of hydrogen-bond donors (Lipinski definition) is 1. The number of ether oxygens (including phenoxy) is 2. The fraction of sp³-hybridized carbons (Fsp3) is 0.613. The molecule has 0 saturated heterocycles. The first-order chi connectivity index (χ1) is 16.7. The van der Waals surface area contributed by atoms with Crippen LogP contribution in [-0.4, -0.2) is 35.5 Å². The van der Waals surface area contributed by atoms with Gasteiger partial charge in [0.1, 0.15) is 23.8 Å². The molecule has 1 aromatic carbocycles. The van der Waals surface area contributed by atoms with Crippen molar-refractivity contribution in [3.8, 4) is 11.5 Å². The molecule has 35 heavy (non-hydrogen) atoms. The molecule has 0 amide bonds. The van der Waals surface area contributed by atoms with E-state index in [0.29, 0.717) is 13.3 Å². The molecule has 2 heterocycles. The molecule has 4 nitrogen and oxygen atoms in total. The molecule has 1 N–H and O–H groups in total. The minimum absolute atomic E-state index is 0.134. The predicted molar refractivity (Wildman–Crippen MR) is 146 cm³/mol. The minimum atomic E-state index is -0.134. The Morgan fingerprint density at radius 2 is 1.71 bits per heavy atom. The highest BCUT2D eigenvalue weighted by molar-refractivity contribution is 5.55. The van der Waals surface area contributed by atoms with Gasteiger partial charge in [-0.2, -0.15) is 0 Å². The van der Waals surface area contributed by atoms with Gasteiger partial charge in [-0.15, -0.1) is 0 Å². The van der Waals surface area contributed by atoms with Gasteiger partial charge in [-0.25, -0.2) is 0 Å². The van der Waals surface area contributed by atoms with Crippen molar-refractivity contribution in [2.75, 3.05) is 19.9 Å². The van der Waals surface area contributed by atoms with Crippen LogP contribution in [0.4, 0.5) is 0 Å². The second-order valence-electron chi connectivity index (χ2n) is 11.1. The third-order valence-corrected chi connectivity index (χ3v) is 7.38. The highest BCUT2D eigenvalue weighted by Gasteiger charge is 2.35. The number of benzene rings is 1. The number of β-amino-alcohol motifs (C(OH)–C–C–N with tert-alkyl or cyclic N) is 1. The summed E-state index contributed by atoms with van der Waals surface area (Å²) in [5.74, 6) is 2.05. The number of aliphatic hydroxyl groups excluding tert-OH is 1. The van der Waals surface area contributed by atoms with E-state index in [1.807, 2.05) is 0 Å². The minimum Gasteiger partial charge on any atom is -0.487 e. The fourth-order valence-electron chi connectivity index (χ4n) is 5.12. The van der Waals surface area contributed by atoms with Gasteiger partial charge in [0.05, 0.1) is 6.61 Å². The van der Waals surface area contributed by atoms with Gasteiger partial charge >= 0.3 is 0 Å². The van der Waals surface area contributed by atoms with Crippen LogP contribution in [0.1, 0.15) is 96.3 Å². The Hall–Kier alpha value is -2.04. The van der Waals surface area contributed by atoms with E-state index in [1.54, 1.807) is 0 Å². The topological polar surface area (TPSA) is 41.9 Å². The van der Waals surface area contributed by atoms with E-state index in [2.05, 4.69) is 70.7 Å². The molecule has 1 unspecified atom stereocenters. The van der Waals surface area contributed by atoms with Crippen LogP contribution in [0.25, 0.3) is 0 Å². The lowest BCUT2D eigenvalue weighted by molar-refractivity contribution is 0.0509. The lowest BCUT2D eigenvalue weighted by atomic mass is 9.85. The molecule has 0 fully saturated rings. The Bertz CT molecular complexity index is 954. The molecule has 1 atom stereocenters. The van der Waals surface area contributed by atoms with Gasteiger partial charge in [0.25, 0.3) is 0 Å². The number of aryl methyl sites for hydroxylation is 1. The summed E-state index contributed by atoms with van der Waals surface area (Å²) in [5, 5.41) is 9.33. The average Bonchev–Trinajstić information content (AvgIpc) is 2.79. The van der Waals surface area contributed by atoms with E-state index in [9.17, 15) is 5.11 Å². The van der Waals surface area contributed by atoms with Crippen LogP contribution in [0.5, 0.6) is 11.5 Å². The standard InChI is InChI=1S/C31H47NO3/c1-23(2)10-7-11-24(3)12-8-13-25(4)14-9-16-31(6)17-15-27-28-21-32(18-19-33)22-34-29(28)20-26(5)30(27)35-31/h10,12,14,20,33H,7-9,11,13,15-19,21-22H2,1-6H3. The van der Waals surface area contributed by atoms with E-state index < -0.39 is 0 Å². The van der Waals surface area contributed by atoms with Gasteiger partial charge in [-0.3, -0.25) is 4.90 Å². The Labute approximate surface area is 213 Å². The fourth-order valence-corrected chi connectivity index (χ4v) is 5.12. The summed E-state index contributed by atoms with van der Waals surface area (Å²) < 4.78 is 12.7. The Kier molecular flexibility index (Phi) is 10.1. The summed E-state index contributed by atoms with van der Waals surface area (Å²) in [5.41, 5.74) is 7.96. The molecule has 0 radical (unpaired) electrons. The number of fused-ring (bicyclic) bond motifs is 3. The molecule has 0 bridgehead atoms. The summed E-state index contributed by atoms with van der Waals surface area (Å²) in [7, 11) is 0. The monoisotopic (exact) mass is 481 g/mol. The van der Waals surface area contributed by atoms with E-state index >= 15 is 0 Å². The lowest BCUT2D eigenvalue weighted by Crippen LogP contribution is -2.39. The first-order valence-electron chi connectivity index (χ1n) is 13.5. The van der Waals surface area contributed by atoms with Crippen LogP contribution in [0, 0.1) is 6.92 Å². The molecular weight excluding hydrogens is 434 g/mol. The SMILES string of the molecule is CC(C)=CCCC(C)=CCCC(C)=CCCC1(C)CCc2c3c(cc(C)c2O1)OCN(CCO)C3. The third kappa shape index (κ3) is 7.98. The first-order valence-corrected chi connectivity index (χ1v) is 13.5. The van der Waals surface area contributed by atoms with Gasteiger partial charge in [-0.1, -0.05) is 34.9 Å². The summed E-state index contributed by atoms with van der Waals surface area (Å²) in [6, 6.07) is 2.13. The Balaban J connectivity index is 1.53. The van der Waals surface area contributed by atoms with Crippen molar-refractivity contribution in [1.82, 2.24) is 4.90 Å². The predicted octanol–water partition coefficient (Wildman–Crippen LogP) is 7.42. The third-order valence-electron chi connectivity index (χ3n) is 7.38. The number of hydrogen-bond acceptors (Lipinski definition) is 4. The molecule has 2 aliphatic heterocycles. The van der Waals surface area contributed by atoms with Crippen molar-refractivity contribution in [3.05, 3.63) is 57.7 Å². The molecule has 1 aromatic rings. The maximum atomic E-state index is 9.33. The highest BCUT2D eigenvalue weighted by atomic mass is 16.5. The maximum absolute atomic E-state index is 9.33. The molecule has 2 aliphatic rings. The van der Waals surface area contributed by atoms with Gasteiger partial charge in [0.15, 0.2) is 0 Å². The van der Waals surface area contributed by atoms with Crippen LogP contribution >= 0.6 is 0 Å². The average molecular weight is 482 g/mol.